The molecule has 0 aliphatic rings. The molecule has 21 heavy (non-hydrogen) atoms. The average molecular weight is 286 g/mol. The molecule has 3 aromatic rings. The van der Waals surface area contributed by atoms with E-state index in [9.17, 15) is 0 Å². The molecular formula is C15H18N4O2. The van der Waals surface area contributed by atoms with E-state index in [0.29, 0.717) is 13.1 Å². The number of aliphatic hydroxyl groups is 1. The van der Waals surface area contributed by atoms with Gasteiger partial charge >= 0.3 is 0 Å². The molecule has 0 aromatic carbocycles. The third-order valence-electron chi connectivity index (χ3n) is 3.70. The van der Waals surface area contributed by atoms with E-state index >= 15 is 0 Å². The maximum atomic E-state index is 8.98. The number of nitrogens with one attached hydrogen (secondary N) is 1. The molecule has 0 saturated heterocycles. The summed E-state index contributed by atoms with van der Waals surface area (Å²) >= 11 is 0. The van der Waals surface area contributed by atoms with Gasteiger partial charge in [0.15, 0.2) is 0 Å². The largest absolute Gasteiger partial charge is 0.467 e. The first-order valence-electron chi connectivity index (χ1n) is 6.90. The van der Waals surface area contributed by atoms with Gasteiger partial charge in [-0.25, -0.2) is 9.97 Å². The Balaban J connectivity index is 2.11. The summed E-state index contributed by atoms with van der Waals surface area (Å²) in [5.41, 5.74) is 3.14. The van der Waals surface area contributed by atoms with Gasteiger partial charge in [0, 0.05) is 12.2 Å². The number of rotatable bonds is 5. The highest BCUT2D eigenvalue weighted by atomic mass is 16.3. The summed E-state index contributed by atoms with van der Waals surface area (Å²) < 4.78 is 7.55. The number of aromatic nitrogens is 3. The van der Waals surface area contributed by atoms with Gasteiger partial charge in [-0.05, 0) is 31.5 Å². The van der Waals surface area contributed by atoms with Crippen LogP contribution < -0.4 is 5.32 Å². The second-order valence-corrected chi connectivity index (χ2v) is 4.95. The number of nitrogens with zero attached hydrogens (tertiary/aromatic N) is 3. The van der Waals surface area contributed by atoms with E-state index in [1.54, 1.807) is 12.6 Å². The van der Waals surface area contributed by atoms with E-state index in [0.717, 1.165) is 33.9 Å². The van der Waals surface area contributed by atoms with Crippen molar-refractivity contribution in [2.24, 2.45) is 0 Å². The first-order valence-corrected chi connectivity index (χ1v) is 6.90. The monoisotopic (exact) mass is 286 g/mol. The van der Waals surface area contributed by atoms with E-state index in [1.807, 2.05) is 12.1 Å². The van der Waals surface area contributed by atoms with Crippen molar-refractivity contribution in [3.63, 3.8) is 0 Å². The van der Waals surface area contributed by atoms with Gasteiger partial charge in [0.05, 0.1) is 24.8 Å². The van der Waals surface area contributed by atoms with Gasteiger partial charge in [-0.1, -0.05) is 0 Å². The minimum absolute atomic E-state index is 0.0661. The maximum Gasteiger partial charge on any atom is 0.146 e. The number of hydrogen-bond donors (Lipinski definition) is 2. The van der Waals surface area contributed by atoms with Gasteiger partial charge in [-0.15, -0.1) is 0 Å². The summed E-state index contributed by atoms with van der Waals surface area (Å²) in [5.74, 6) is 1.64. The van der Waals surface area contributed by atoms with E-state index < -0.39 is 0 Å². The molecule has 6 nitrogen and oxygen atoms in total. The molecule has 0 radical (unpaired) electrons. The Hall–Kier alpha value is -2.34. The second kappa shape index (κ2) is 5.57. The molecule has 3 aromatic heterocycles. The zero-order chi connectivity index (χ0) is 14.8. The van der Waals surface area contributed by atoms with Crippen LogP contribution in [0.4, 0.5) is 5.82 Å². The molecule has 0 unspecified atom stereocenters. The molecule has 0 bridgehead atoms. The van der Waals surface area contributed by atoms with Crippen molar-refractivity contribution in [2.75, 3.05) is 18.5 Å². The Labute approximate surface area is 122 Å². The van der Waals surface area contributed by atoms with E-state index in [1.165, 1.54) is 0 Å². The topological polar surface area (TPSA) is 76.1 Å². The highest BCUT2D eigenvalue weighted by Gasteiger charge is 2.16. The summed E-state index contributed by atoms with van der Waals surface area (Å²) in [7, 11) is 0. The smallest absolute Gasteiger partial charge is 0.146 e. The van der Waals surface area contributed by atoms with Gasteiger partial charge in [0.2, 0.25) is 0 Å². The molecule has 0 fully saturated rings. The van der Waals surface area contributed by atoms with Crippen LogP contribution in [-0.2, 0) is 6.54 Å². The van der Waals surface area contributed by atoms with Crippen LogP contribution in [0.15, 0.2) is 29.1 Å². The minimum atomic E-state index is 0.0661. The summed E-state index contributed by atoms with van der Waals surface area (Å²) in [5, 5.41) is 13.1. The fourth-order valence-corrected chi connectivity index (χ4v) is 2.53. The third-order valence-corrected chi connectivity index (χ3v) is 3.70. The van der Waals surface area contributed by atoms with Crippen molar-refractivity contribution in [1.29, 1.82) is 0 Å². The number of aryl methyl sites for hydroxylation is 1. The molecule has 0 atom stereocenters. The van der Waals surface area contributed by atoms with Crippen LogP contribution in [0.1, 0.15) is 17.0 Å². The van der Waals surface area contributed by atoms with Crippen LogP contribution in [0.3, 0.4) is 0 Å². The lowest BCUT2D eigenvalue weighted by Gasteiger charge is -2.06. The average Bonchev–Trinajstić information content (AvgIpc) is 3.09. The van der Waals surface area contributed by atoms with Crippen molar-refractivity contribution in [1.82, 2.24) is 14.5 Å². The van der Waals surface area contributed by atoms with E-state index in [-0.39, 0.29) is 6.61 Å². The van der Waals surface area contributed by atoms with Gasteiger partial charge in [0.1, 0.15) is 23.6 Å². The molecule has 6 heteroatoms. The molecule has 0 saturated carbocycles. The van der Waals surface area contributed by atoms with Crippen molar-refractivity contribution >= 4 is 16.9 Å². The number of anilines is 1. The number of furan rings is 1. The number of hydrogen-bond acceptors (Lipinski definition) is 5. The number of fused-ring (bicyclic) bond motifs is 1. The Morgan fingerprint density at radius 1 is 1.33 bits per heavy atom. The summed E-state index contributed by atoms with van der Waals surface area (Å²) in [6.45, 7) is 5.30. The van der Waals surface area contributed by atoms with Crippen LogP contribution in [-0.4, -0.2) is 32.8 Å². The summed E-state index contributed by atoms with van der Waals surface area (Å²) in [6, 6.07) is 3.83. The Morgan fingerprint density at radius 2 is 2.19 bits per heavy atom. The quantitative estimate of drug-likeness (QED) is 0.751. The molecule has 110 valence electrons. The maximum absolute atomic E-state index is 8.98. The van der Waals surface area contributed by atoms with Crippen LogP contribution in [0.5, 0.6) is 0 Å². The zero-order valence-electron chi connectivity index (χ0n) is 12.1. The standard InChI is InChI=1S/C15H18N4O2/c1-10-11(2)19(8-12-4-3-7-21-12)15-13(10)14(16-5-6-20)17-9-18-15/h3-4,7,9,20H,5-6,8H2,1-2H3,(H,16,17,18). The Morgan fingerprint density at radius 3 is 2.90 bits per heavy atom. The molecule has 0 amide bonds. The molecule has 0 aliphatic carbocycles. The fourth-order valence-electron chi connectivity index (χ4n) is 2.53. The third kappa shape index (κ3) is 2.38. The van der Waals surface area contributed by atoms with Crippen molar-refractivity contribution in [2.45, 2.75) is 20.4 Å². The minimum Gasteiger partial charge on any atom is -0.467 e. The van der Waals surface area contributed by atoms with Gasteiger partial charge < -0.3 is 19.4 Å². The van der Waals surface area contributed by atoms with Crippen molar-refractivity contribution in [3.8, 4) is 0 Å². The normalized spacial score (nSPS) is 11.2. The predicted octanol–water partition coefficient (Wildman–Crippen LogP) is 2.09. The Kier molecular flexibility index (Phi) is 3.62. The van der Waals surface area contributed by atoms with Gasteiger partial charge in [-0.2, -0.15) is 0 Å². The second-order valence-electron chi connectivity index (χ2n) is 4.95. The lowest BCUT2D eigenvalue weighted by Crippen LogP contribution is -2.08. The molecule has 3 heterocycles. The molecular weight excluding hydrogens is 268 g/mol. The van der Waals surface area contributed by atoms with E-state index in [4.69, 9.17) is 9.52 Å². The fraction of sp³-hybridized carbons (Fsp3) is 0.333. The van der Waals surface area contributed by atoms with Crippen molar-refractivity contribution < 1.29 is 9.52 Å². The summed E-state index contributed by atoms with van der Waals surface area (Å²) in [4.78, 5) is 8.71. The van der Waals surface area contributed by atoms with Crippen LogP contribution in [0.25, 0.3) is 11.0 Å². The molecule has 0 aliphatic heterocycles. The first-order chi connectivity index (χ1) is 10.2. The van der Waals surface area contributed by atoms with Gasteiger partial charge in [-0.3, -0.25) is 0 Å². The van der Waals surface area contributed by atoms with Crippen LogP contribution in [0.2, 0.25) is 0 Å². The van der Waals surface area contributed by atoms with E-state index in [2.05, 4.69) is 33.7 Å². The zero-order valence-corrected chi connectivity index (χ0v) is 12.1. The van der Waals surface area contributed by atoms with Crippen LogP contribution in [0, 0.1) is 13.8 Å². The highest BCUT2D eigenvalue weighted by Crippen LogP contribution is 2.29. The van der Waals surface area contributed by atoms with Gasteiger partial charge in [0.25, 0.3) is 0 Å². The van der Waals surface area contributed by atoms with Crippen LogP contribution >= 0.6 is 0 Å². The van der Waals surface area contributed by atoms with Crippen molar-refractivity contribution in [3.05, 3.63) is 41.7 Å². The predicted molar refractivity (Wildman–Crippen MR) is 80.4 cm³/mol. The lowest BCUT2D eigenvalue weighted by molar-refractivity contribution is 0.311. The SMILES string of the molecule is Cc1c(C)n(Cc2ccco2)c2ncnc(NCCO)c12. The molecule has 2 N–H and O–H groups in total. The lowest BCUT2D eigenvalue weighted by atomic mass is 10.2. The number of aliphatic hydroxyl groups excluding tert-OH is 1. The summed E-state index contributed by atoms with van der Waals surface area (Å²) in [6.07, 6.45) is 3.21. The highest BCUT2D eigenvalue weighted by molar-refractivity contribution is 5.91. The molecule has 0 spiro atoms. The first kappa shape index (κ1) is 13.6. The molecule has 3 rings (SSSR count). The Bertz CT molecular complexity index is 747.